The van der Waals surface area contributed by atoms with E-state index in [1.165, 1.54) is 0 Å². The lowest BCUT2D eigenvalue weighted by atomic mass is 10.0. The van der Waals surface area contributed by atoms with Crippen LogP contribution in [0.3, 0.4) is 0 Å². The van der Waals surface area contributed by atoms with E-state index < -0.39 is 6.04 Å². The lowest BCUT2D eigenvalue weighted by Crippen LogP contribution is -2.33. The highest BCUT2D eigenvalue weighted by atomic mass is 35.5. The molecule has 5 heteroatoms. The van der Waals surface area contributed by atoms with Crippen molar-refractivity contribution < 1.29 is 9.59 Å². The van der Waals surface area contributed by atoms with Crippen LogP contribution in [0.15, 0.2) is 84.9 Å². The molecule has 0 spiro atoms. The molecule has 3 aromatic carbocycles. The fraction of sp³-hybridized carbons (Fsp3) is 0.130. The first-order chi connectivity index (χ1) is 13.6. The Bertz CT molecular complexity index is 930. The van der Waals surface area contributed by atoms with Crippen molar-refractivity contribution >= 4 is 23.4 Å². The largest absolute Gasteiger partial charge is 0.352 e. The Balaban J connectivity index is 1.67. The minimum absolute atomic E-state index is 0.142. The molecule has 0 bridgehead atoms. The van der Waals surface area contributed by atoms with Crippen molar-refractivity contribution in [2.24, 2.45) is 0 Å². The first kappa shape index (κ1) is 19.6. The van der Waals surface area contributed by atoms with E-state index in [9.17, 15) is 9.59 Å². The molecule has 0 radical (unpaired) electrons. The quantitative estimate of drug-likeness (QED) is 0.621. The zero-order valence-corrected chi connectivity index (χ0v) is 16.0. The van der Waals surface area contributed by atoms with Crippen molar-refractivity contribution in [3.05, 3.63) is 107 Å². The first-order valence-electron chi connectivity index (χ1n) is 9.04. The SMILES string of the molecule is O=C(C[C@@H](NC(=O)c1ccccc1)c1ccccc1)NCc1cccc(Cl)c1. The summed E-state index contributed by atoms with van der Waals surface area (Å²) in [6.07, 6.45) is 0.142. The zero-order valence-electron chi connectivity index (χ0n) is 15.3. The lowest BCUT2D eigenvalue weighted by Gasteiger charge is -2.19. The summed E-state index contributed by atoms with van der Waals surface area (Å²) in [7, 11) is 0. The van der Waals surface area contributed by atoms with Gasteiger partial charge in [-0.2, -0.15) is 0 Å². The topological polar surface area (TPSA) is 58.2 Å². The van der Waals surface area contributed by atoms with Gasteiger partial charge in [0.15, 0.2) is 0 Å². The summed E-state index contributed by atoms with van der Waals surface area (Å²) < 4.78 is 0. The van der Waals surface area contributed by atoms with Gasteiger partial charge in [-0.05, 0) is 35.4 Å². The number of benzene rings is 3. The number of hydrogen-bond donors (Lipinski definition) is 2. The van der Waals surface area contributed by atoms with Gasteiger partial charge >= 0.3 is 0 Å². The minimum Gasteiger partial charge on any atom is -0.352 e. The minimum atomic E-state index is -0.423. The van der Waals surface area contributed by atoms with Gasteiger partial charge in [0.1, 0.15) is 0 Å². The van der Waals surface area contributed by atoms with Crippen LogP contribution in [0.2, 0.25) is 5.02 Å². The van der Waals surface area contributed by atoms with Gasteiger partial charge in [-0.1, -0.05) is 72.3 Å². The molecule has 2 N–H and O–H groups in total. The third-order valence-corrected chi connectivity index (χ3v) is 4.55. The molecule has 4 nitrogen and oxygen atoms in total. The summed E-state index contributed by atoms with van der Waals surface area (Å²) in [6.45, 7) is 0.382. The molecule has 142 valence electrons. The Kier molecular flexibility index (Phi) is 6.82. The molecular formula is C23H21ClN2O2. The van der Waals surface area contributed by atoms with Crippen LogP contribution in [0, 0.1) is 0 Å². The van der Waals surface area contributed by atoms with E-state index in [0.717, 1.165) is 11.1 Å². The summed E-state index contributed by atoms with van der Waals surface area (Å²) in [4.78, 5) is 25.1. The Hall–Kier alpha value is -3.11. The second kappa shape index (κ2) is 9.72. The van der Waals surface area contributed by atoms with E-state index in [0.29, 0.717) is 17.1 Å². The molecule has 0 fully saturated rings. The summed E-state index contributed by atoms with van der Waals surface area (Å²) in [5.74, 6) is -0.362. The number of halogens is 1. The van der Waals surface area contributed by atoms with Gasteiger partial charge < -0.3 is 10.6 Å². The Morgan fingerprint density at radius 3 is 2.21 bits per heavy atom. The van der Waals surface area contributed by atoms with Crippen molar-refractivity contribution in [1.82, 2.24) is 10.6 Å². The van der Waals surface area contributed by atoms with Crippen molar-refractivity contribution in [2.75, 3.05) is 0 Å². The molecule has 0 saturated carbocycles. The van der Waals surface area contributed by atoms with E-state index >= 15 is 0 Å². The second-order valence-corrected chi connectivity index (χ2v) is 6.85. The van der Waals surface area contributed by atoms with Crippen molar-refractivity contribution in [3.63, 3.8) is 0 Å². The fourth-order valence-electron chi connectivity index (χ4n) is 2.87. The highest BCUT2D eigenvalue weighted by molar-refractivity contribution is 6.30. The average molecular weight is 393 g/mol. The number of carbonyl (C=O) groups is 2. The summed E-state index contributed by atoms with van der Waals surface area (Å²) in [5.41, 5.74) is 2.36. The molecule has 0 aliphatic heterocycles. The standard InChI is InChI=1S/C23H21ClN2O2/c24-20-13-7-8-17(14-20)16-25-22(27)15-21(18-9-3-1-4-10-18)26-23(28)19-11-5-2-6-12-19/h1-14,21H,15-16H2,(H,25,27)(H,26,28)/t21-/m1/s1. The van der Waals surface area contributed by atoms with Crippen LogP contribution in [0.1, 0.15) is 33.9 Å². The molecule has 0 aromatic heterocycles. The predicted molar refractivity (Wildman–Crippen MR) is 111 cm³/mol. The van der Waals surface area contributed by atoms with E-state index in [4.69, 9.17) is 11.6 Å². The van der Waals surface area contributed by atoms with Gasteiger partial charge in [0, 0.05) is 17.1 Å². The van der Waals surface area contributed by atoms with Crippen LogP contribution in [0.5, 0.6) is 0 Å². The van der Waals surface area contributed by atoms with Crippen LogP contribution in [-0.4, -0.2) is 11.8 Å². The lowest BCUT2D eigenvalue weighted by molar-refractivity contribution is -0.121. The number of rotatable bonds is 7. The fourth-order valence-corrected chi connectivity index (χ4v) is 3.09. The number of amides is 2. The van der Waals surface area contributed by atoms with E-state index in [2.05, 4.69) is 10.6 Å². The molecule has 0 aliphatic carbocycles. The second-order valence-electron chi connectivity index (χ2n) is 6.41. The van der Waals surface area contributed by atoms with E-state index in [1.54, 1.807) is 18.2 Å². The maximum atomic E-state index is 12.6. The number of nitrogens with one attached hydrogen (secondary N) is 2. The van der Waals surface area contributed by atoms with Crippen LogP contribution >= 0.6 is 11.6 Å². The molecule has 1 atom stereocenters. The van der Waals surface area contributed by atoms with Gasteiger partial charge in [0.2, 0.25) is 5.91 Å². The smallest absolute Gasteiger partial charge is 0.251 e. The maximum absolute atomic E-state index is 12.6. The molecule has 0 heterocycles. The predicted octanol–water partition coefficient (Wildman–Crippen LogP) is 4.52. The molecule has 3 rings (SSSR count). The van der Waals surface area contributed by atoms with Crippen LogP contribution in [-0.2, 0) is 11.3 Å². The Morgan fingerprint density at radius 1 is 0.857 bits per heavy atom. The Morgan fingerprint density at radius 2 is 1.54 bits per heavy atom. The van der Waals surface area contributed by atoms with Crippen LogP contribution in [0.25, 0.3) is 0 Å². The van der Waals surface area contributed by atoms with Gasteiger partial charge in [0.05, 0.1) is 12.5 Å². The monoisotopic (exact) mass is 392 g/mol. The van der Waals surface area contributed by atoms with Crippen molar-refractivity contribution in [2.45, 2.75) is 19.0 Å². The molecule has 2 amide bonds. The van der Waals surface area contributed by atoms with E-state index in [1.807, 2.05) is 66.7 Å². The highest BCUT2D eigenvalue weighted by Gasteiger charge is 2.19. The highest BCUT2D eigenvalue weighted by Crippen LogP contribution is 2.18. The first-order valence-corrected chi connectivity index (χ1v) is 9.41. The zero-order chi connectivity index (χ0) is 19.8. The van der Waals surface area contributed by atoms with Gasteiger partial charge in [-0.15, -0.1) is 0 Å². The molecular weight excluding hydrogens is 372 g/mol. The van der Waals surface area contributed by atoms with Gasteiger partial charge in [-0.25, -0.2) is 0 Å². The van der Waals surface area contributed by atoms with Gasteiger partial charge in [-0.3, -0.25) is 9.59 Å². The van der Waals surface area contributed by atoms with Gasteiger partial charge in [0.25, 0.3) is 5.91 Å². The van der Waals surface area contributed by atoms with E-state index in [-0.39, 0.29) is 18.2 Å². The summed E-state index contributed by atoms with van der Waals surface area (Å²) in [6, 6.07) is 25.4. The maximum Gasteiger partial charge on any atom is 0.251 e. The van der Waals surface area contributed by atoms with Crippen LogP contribution in [0.4, 0.5) is 0 Å². The van der Waals surface area contributed by atoms with Crippen molar-refractivity contribution in [1.29, 1.82) is 0 Å². The molecule has 28 heavy (non-hydrogen) atoms. The van der Waals surface area contributed by atoms with Crippen molar-refractivity contribution in [3.8, 4) is 0 Å². The third-order valence-electron chi connectivity index (χ3n) is 4.31. The number of hydrogen-bond acceptors (Lipinski definition) is 2. The summed E-state index contributed by atoms with van der Waals surface area (Å²) in [5, 5.41) is 6.49. The number of carbonyl (C=O) groups excluding carboxylic acids is 2. The Labute approximate surface area is 169 Å². The normalized spacial score (nSPS) is 11.5. The molecule has 0 aliphatic rings. The summed E-state index contributed by atoms with van der Waals surface area (Å²) >= 11 is 5.98. The molecule has 0 unspecified atom stereocenters. The molecule has 0 saturated heterocycles. The molecule has 3 aromatic rings. The average Bonchev–Trinajstić information content (AvgIpc) is 2.73. The third kappa shape index (κ3) is 5.69. The van der Waals surface area contributed by atoms with Crippen LogP contribution < -0.4 is 10.6 Å².